The molecule has 2 rings (SSSR count). The zero-order chi connectivity index (χ0) is 16.7. The summed E-state index contributed by atoms with van der Waals surface area (Å²) in [5.41, 5.74) is 10.6. The first-order valence-electron chi connectivity index (χ1n) is 8.60. The number of unbranched alkanes of at least 4 members (excludes halogenated alkanes) is 1. The van der Waals surface area contributed by atoms with Crippen molar-refractivity contribution in [3.63, 3.8) is 0 Å². The molecular formula is C21H27NO. The highest BCUT2D eigenvalue weighted by Crippen LogP contribution is 2.25. The van der Waals surface area contributed by atoms with Crippen LogP contribution in [0.1, 0.15) is 54.9 Å². The van der Waals surface area contributed by atoms with Crippen LogP contribution in [0.25, 0.3) is 0 Å². The lowest BCUT2D eigenvalue weighted by Crippen LogP contribution is -2.23. The van der Waals surface area contributed by atoms with Crippen molar-refractivity contribution in [2.45, 2.75) is 51.9 Å². The van der Waals surface area contributed by atoms with Gasteiger partial charge in [-0.3, -0.25) is 4.79 Å². The van der Waals surface area contributed by atoms with Crippen molar-refractivity contribution in [2.24, 2.45) is 5.73 Å². The van der Waals surface area contributed by atoms with E-state index in [9.17, 15) is 4.79 Å². The van der Waals surface area contributed by atoms with Gasteiger partial charge in [0, 0.05) is 0 Å². The Balaban J connectivity index is 2.29. The van der Waals surface area contributed by atoms with Crippen molar-refractivity contribution in [1.29, 1.82) is 0 Å². The average Bonchev–Trinajstić information content (AvgIpc) is 2.58. The first-order valence-corrected chi connectivity index (χ1v) is 8.60. The lowest BCUT2D eigenvalue weighted by atomic mass is 9.88. The second kappa shape index (κ2) is 8.52. The Morgan fingerprint density at radius 3 is 2.39 bits per heavy atom. The van der Waals surface area contributed by atoms with Crippen molar-refractivity contribution in [3.05, 3.63) is 70.8 Å². The van der Waals surface area contributed by atoms with Gasteiger partial charge in [0.25, 0.3) is 0 Å². The van der Waals surface area contributed by atoms with Gasteiger partial charge in [-0.15, -0.1) is 0 Å². The molecule has 0 bridgehead atoms. The van der Waals surface area contributed by atoms with E-state index in [1.54, 1.807) is 0 Å². The van der Waals surface area contributed by atoms with E-state index in [1.807, 2.05) is 30.3 Å². The number of hydrogen-bond acceptors (Lipinski definition) is 1. The van der Waals surface area contributed by atoms with Gasteiger partial charge in [0.05, 0.1) is 5.92 Å². The third-order valence-electron chi connectivity index (χ3n) is 4.44. The van der Waals surface area contributed by atoms with Crippen molar-refractivity contribution in [2.75, 3.05) is 0 Å². The third-order valence-corrected chi connectivity index (χ3v) is 4.44. The van der Waals surface area contributed by atoms with Gasteiger partial charge in [0.2, 0.25) is 5.91 Å². The number of rotatable bonds is 8. The van der Waals surface area contributed by atoms with Gasteiger partial charge in [-0.05, 0) is 47.9 Å². The van der Waals surface area contributed by atoms with Crippen LogP contribution in [0.15, 0.2) is 48.5 Å². The molecule has 1 atom stereocenters. The summed E-state index contributed by atoms with van der Waals surface area (Å²) in [7, 11) is 0. The van der Waals surface area contributed by atoms with Crippen LogP contribution in [0.5, 0.6) is 0 Å². The van der Waals surface area contributed by atoms with E-state index in [4.69, 9.17) is 5.73 Å². The standard InChI is InChI=1S/C21H27NO/c1-3-5-11-18-15-19(13-12-17(18)4-2)20(21(22)23)14-16-9-7-6-8-10-16/h6-10,12-13,15,20H,3-5,11,14H2,1-2H3,(H2,22,23). The van der Waals surface area contributed by atoms with E-state index in [-0.39, 0.29) is 11.8 Å². The maximum Gasteiger partial charge on any atom is 0.225 e. The predicted octanol–water partition coefficient (Wildman–Crippen LogP) is 4.40. The fourth-order valence-corrected chi connectivity index (χ4v) is 3.04. The van der Waals surface area contributed by atoms with E-state index in [2.05, 4.69) is 32.0 Å². The van der Waals surface area contributed by atoms with Gasteiger partial charge in [-0.25, -0.2) is 0 Å². The second-order valence-corrected chi connectivity index (χ2v) is 6.13. The third kappa shape index (κ3) is 4.69. The molecule has 2 nitrogen and oxygen atoms in total. The van der Waals surface area contributed by atoms with Crippen LogP contribution in [0.2, 0.25) is 0 Å². The van der Waals surface area contributed by atoms with Crippen molar-refractivity contribution in [1.82, 2.24) is 0 Å². The zero-order valence-corrected chi connectivity index (χ0v) is 14.2. The number of primary amides is 1. The van der Waals surface area contributed by atoms with Gasteiger partial charge in [-0.1, -0.05) is 68.8 Å². The summed E-state index contributed by atoms with van der Waals surface area (Å²) in [4.78, 5) is 12.0. The van der Waals surface area contributed by atoms with Gasteiger partial charge in [0.15, 0.2) is 0 Å². The molecule has 0 saturated heterocycles. The largest absolute Gasteiger partial charge is 0.369 e. The highest BCUT2D eigenvalue weighted by Gasteiger charge is 2.19. The molecule has 23 heavy (non-hydrogen) atoms. The maximum absolute atomic E-state index is 12.0. The van der Waals surface area contributed by atoms with Crippen molar-refractivity contribution in [3.8, 4) is 0 Å². The number of nitrogens with two attached hydrogens (primary N) is 1. The molecule has 2 N–H and O–H groups in total. The van der Waals surface area contributed by atoms with Gasteiger partial charge < -0.3 is 5.73 Å². The molecule has 0 aliphatic carbocycles. The Labute approximate surface area is 139 Å². The molecule has 2 aromatic carbocycles. The minimum absolute atomic E-state index is 0.250. The number of aryl methyl sites for hydroxylation is 2. The van der Waals surface area contributed by atoms with E-state index >= 15 is 0 Å². The van der Waals surface area contributed by atoms with Crippen LogP contribution >= 0.6 is 0 Å². The molecule has 0 heterocycles. The summed E-state index contributed by atoms with van der Waals surface area (Å²) in [6.45, 7) is 4.39. The molecule has 122 valence electrons. The molecule has 2 aromatic rings. The van der Waals surface area contributed by atoms with E-state index in [1.165, 1.54) is 24.0 Å². The SMILES string of the molecule is CCCCc1cc(C(Cc2ccccc2)C(N)=O)ccc1CC. The zero-order valence-electron chi connectivity index (χ0n) is 14.2. The Morgan fingerprint density at radius 2 is 1.78 bits per heavy atom. The molecule has 0 saturated carbocycles. The van der Waals surface area contributed by atoms with E-state index in [0.717, 1.165) is 24.0 Å². The van der Waals surface area contributed by atoms with Gasteiger partial charge in [-0.2, -0.15) is 0 Å². The quantitative estimate of drug-likeness (QED) is 0.771. The Morgan fingerprint density at radius 1 is 1.04 bits per heavy atom. The first kappa shape index (κ1) is 17.3. The van der Waals surface area contributed by atoms with E-state index in [0.29, 0.717) is 6.42 Å². The van der Waals surface area contributed by atoms with Crippen molar-refractivity contribution < 1.29 is 4.79 Å². The van der Waals surface area contributed by atoms with Crippen LogP contribution in [-0.4, -0.2) is 5.91 Å². The van der Waals surface area contributed by atoms with Crippen molar-refractivity contribution >= 4 is 5.91 Å². The molecule has 1 unspecified atom stereocenters. The molecule has 2 heteroatoms. The second-order valence-electron chi connectivity index (χ2n) is 6.13. The number of hydrogen-bond donors (Lipinski definition) is 1. The topological polar surface area (TPSA) is 43.1 Å². The molecular weight excluding hydrogens is 282 g/mol. The Kier molecular flexibility index (Phi) is 6.40. The highest BCUT2D eigenvalue weighted by molar-refractivity contribution is 5.82. The molecule has 0 aliphatic heterocycles. The summed E-state index contributed by atoms with van der Waals surface area (Å²) in [6, 6.07) is 16.5. The average molecular weight is 309 g/mol. The predicted molar refractivity (Wildman–Crippen MR) is 96.5 cm³/mol. The normalized spacial score (nSPS) is 12.1. The smallest absolute Gasteiger partial charge is 0.225 e. The van der Waals surface area contributed by atoms with Gasteiger partial charge in [0.1, 0.15) is 0 Å². The van der Waals surface area contributed by atoms with Crippen LogP contribution < -0.4 is 5.73 Å². The fourth-order valence-electron chi connectivity index (χ4n) is 3.04. The molecule has 1 amide bonds. The number of carbonyl (C=O) groups excluding carboxylic acids is 1. The molecule has 0 fully saturated rings. The monoisotopic (exact) mass is 309 g/mol. The summed E-state index contributed by atoms with van der Waals surface area (Å²) in [5.74, 6) is -0.511. The number of amides is 1. The van der Waals surface area contributed by atoms with Crippen LogP contribution in [0, 0.1) is 0 Å². The fraction of sp³-hybridized carbons (Fsp3) is 0.381. The molecule has 0 aromatic heterocycles. The summed E-state index contributed by atoms with van der Waals surface area (Å²) in [5, 5.41) is 0. The highest BCUT2D eigenvalue weighted by atomic mass is 16.1. The summed E-state index contributed by atoms with van der Waals surface area (Å²) >= 11 is 0. The van der Waals surface area contributed by atoms with Crippen LogP contribution in [0.3, 0.4) is 0 Å². The lowest BCUT2D eigenvalue weighted by molar-refractivity contribution is -0.119. The van der Waals surface area contributed by atoms with Crippen LogP contribution in [0.4, 0.5) is 0 Å². The molecule has 0 radical (unpaired) electrons. The molecule has 0 aliphatic rings. The summed E-state index contributed by atoms with van der Waals surface area (Å²) < 4.78 is 0. The number of carbonyl (C=O) groups is 1. The maximum atomic E-state index is 12.0. The molecule has 0 spiro atoms. The van der Waals surface area contributed by atoms with E-state index < -0.39 is 0 Å². The van der Waals surface area contributed by atoms with Crippen LogP contribution in [-0.2, 0) is 24.1 Å². The lowest BCUT2D eigenvalue weighted by Gasteiger charge is -2.17. The number of benzene rings is 2. The summed E-state index contributed by atoms with van der Waals surface area (Å²) in [6.07, 6.45) is 5.12. The Hall–Kier alpha value is -2.09. The Bertz CT molecular complexity index is 634. The first-order chi connectivity index (χ1) is 11.2. The minimum Gasteiger partial charge on any atom is -0.369 e. The minimum atomic E-state index is -0.260. The van der Waals surface area contributed by atoms with Gasteiger partial charge >= 0.3 is 0 Å².